The van der Waals surface area contributed by atoms with Gasteiger partial charge in [-0.2, -0.15) is 18.3 Å². The van der Waals surface area contributed by atoms with Crippen molar-refractivity contribution in [3.63, 3.8) is 0 Å². The van der Waals surface area contributed by atoms with E-state index in [2.05, 4.69) is 5.10 Å². The monoisotopic (exact) mass is 394 g/mol. The molecule has 0 aliphatic heterocycles. The summed E-state index contributed by atoms with van der Waals surface area (Å²) < 4.78 is 45.4. The number of ether oxygens (including phenoxy) is 1. The van der Waals surface area contributed by atoms with E-state index in [0.717, 1.165) is 27.5 Å². The summed E-state index contributed by atoms with van der Waals surface area (Å²) in [5, 5.41) is 4.15. The third kappa shape index (κ3) is 4.39. The first kappa shape index (κ1) is 19.2. The molecule has 4 nitrogen and oxygen atoms in total. The molecule has 1 aromatic carbocycles. The topological polar surface area (TPSA) is 44.1 Å². The standard InChI is InChI=1S/C19H17F3N2O2S/c1-3-26-18(25)14-9-23-24(10-14)11-16-8-17(12(2)27-16)13-5-4-6-15(7-13)19(20,21)22/h4-10H,3,11H2,1-2H3. The zero-order valence-electron chi connectivity index (χ0n) is 14.7. The minimum absolute atomic E-state index is 0.286. The van der Waals surface area contributed by atoms with Crippen LogP contribution in [0.1, 0.15) is 32.6 Å². The van der Waals surface area contributed by atoms with E-state index in [4.69, 9.17) is 4.74 Å². The number of aromatic nitrogens is 2. The highest BCUT2D eigenvalue weighted by Crippen LogP contribution is 2.35. The first-order valence-corrected chi connectivity index (χ1v) is 9.06. The number of thiophene rings is 1. The molecule has 0 saturated carbocycles. The van der Waals surface area contributed by atoms with Crippen LogP contribution in [0, 0.1) is 6.92 Å². The number of benzene rings is 1. The van der Waals surface area contributed by atoms with Crippen molar-refractivity contribution in [3.05, 3.63) is 63.6 Å². The van der Waals surface area contributed by atoms with E-state index in [1.165, 1.54) is 23.6 Å². The van der Waals surface area contributed by atoms with E-state index >= 15 is 0 Å². The molecule has 0 atom stereocenters. The highest BCUT2D eigenvalue weighted by Gasteiger charge is 2.30. The number of alkyl halides is 3. The Balaban J connectivity index is 1.82. The Labute approximate surface area is 158 Å². The number of halogens is 3. The summed E-state index contributed by atoms with van der Waals surface area (Å²) >= 11 is 1.49. The van der Waals surface area contributed by atoms with Gasteiger partial charge < -0.3 is 4.74 Å². The summed E-state index contributed by atoms with van der Waals surface area (Å²) in [6, 6.07) is 7.16. The molecule has 0 bridgehead atoms. The Hall–Kier alpha value is -2.61. The van der Waals surface area contributed by atoms with Crippen LogP contribution < -0.4 is 0 Å². The van der Waals surface area contributed by atoms with Crippen LogP contribution in [0.4, 0.5) is 13.2 Å². The molecule has 0 unspecified atom stereocenters. The average Bonchev–Trinajstić information content (AvgIpc) is 3.21. The molecule has 0 radical (unpaired) electrons. The van der Waals surface area contributed by atoms with Crippen molar-refractivity contribution >= 4 is 17.3 Å². The maximum atomic E-state index is 13.0. The Morgan fingerprint density at radius 3 is 2.78 bits per heavy atom. The highest BCUT2D eigenvalue weighted by molar-refractivity contribution is 7.12. The van der Waals surface area contributed by atoms with Crippen LogP contribution in [0.5, 0.6) is 0 Å². The molecular formula is C19H17F3N2O2S. The second kappa shape index (κ2) is 7.56. The average molecular weight is 394 g/mol. The normalized spacial score (nSPS) is 11.6. The van der Waals surface area contributed by atoms with Gasteiger partial charge in [-0.3, -0.25) is 4.68 Å². The van der Waals surface area contributed by atoms with E-state index in [1.807, 2.05) is 13.0 Å². The lowest BCUT2D eigenvalue weighted by molar-refractivity contribution is -0.137. The Bertz CT molecular complexity index is 960. The van der Waals surface area contributed by atoms with Crippen molar-refractivity contribution in [2.45, 2.75) is 26.6 Å². The first-order chi connectivity index (χ1) is 12.8. The van der Waals surface area contributed by atoms with Gasteiger partial charge >= 0.3 is 12.1 Å². The van der Waals surface area contributed by atoms with E-state index in [0.29, 0.717) is 17.7 Å². The van der Waals surface area contributed by atoms with Gasteiger partial charge in [-0.15, -0.1) is 11.3 Å². The van der Waals surface area contributed by atoms with Gasteiger partial charge in [0, 0.05) is 16.0 Å². The van der Waals surface area contributed by atoms with Crippen molar-refractivity contribution in [2.75, 3.05) is 6.61 Å². The number of aryl methyl sites for hydroxylation is 1. The van der Waals surface area contributed by atoms with Crippen molar-refractivity contribution in [2.24, 2.45) is 0 Å². The lowest BCUT2D eigenvalue weighted by atomic mass is 10.0. The minimum Gasteiger partial charge on any atom is -0.462 e. The van der Waals surface area contributed by atoms with Gasteiger partial charge in [0.25, 0.3) is 0 Å². The lowest BCUT2D eigenvalue weighted by Gasteiger charge is -2.08. The van der Waals surface area contributed by atoms with Crippen LogP contribution in [0.3, 0.4) is 0 Å². The largest absolute Gasteiger partial charge is 0.462 e. The van der Waals surface area contributed by atoms with Crippen molar-refractivity contribution in [1.82, 2.24) is 9.78 Å². The van der Waals surface area contributed by atoms with Crippen LogP contribution in [0.25, 0.3) is 11.1 Å². The van der Waals surface area contributed by atoms with Gasteiger partial charge in [0.05, 0.1) is 30.5 Å². The predicted octanol–water partition coefficient (Wildman–Crippen LogP) is 5.16. The number of carbonyl (C=O) groups excluding carboxylic acids is 1. The van der Waals surface area contributed by atoms with Gasteiger partial charge in [-0.1, -0.05) is 12.1 Å². The molecule has 0 aliphatic rings. The third-order valence-electron chi connectivity index (χ3n) is 3.93. The molecular weight excluding hydrogens is 377 g/mol. The van der Waals surface area contributed by atoms with E-state index in [1.54, 1.807) is 23.9 Å². The van der Waals surface area contributed by atoms with Gasteiger partial charge in [0.2, 0.25) is 0 Å². The Kier molecular flexibility index (Phi) is 5.36. The summed E-state index contributed by atoms with van der Waals surface area (Å²) in [5.74, 6) is -0.434. The molecule has 0 spiro atoms. The SMILES string of the molecule is CCOC(=O)c1cnn(Cc2cc(-c3cccc(C(F)(F)F)c3)c(C)s2)c1. The summed E-state index contributed by atoms with van der Waals surface area (Å²) in [6.07, 6.45) is -1.34. The number of carbonyl (C=O) groups is 1. The van der Waals surface area contributed by atoms with Crippen LogP contribution in [-0.2, 0) is 17.5 Å². The van der Waals surface area contributed by atoms with Crippen LogP contribution in [0.15, 0.2) is 42.7 Å². The number of esters is 1. The summed E-state index contributed by atoms with van der Waals surface area (Å²) in [5.41, 5.74) is 0.984. The summed E-state index contributed by atoms with van der Waals surface area (Å²) in [6.45, 7) is 4.31. The minimum atomic E-state index is -4.37. The fraction of sp³-hybridized carbons (Fsp3) is 0.263. The van der Waals surface area contributed by atoms with Crippen molar-refractivity contribution < 1.29 is 22.7 Å². The second-order valence-electron chi connectivity index (χ2n) is 5.91. The second-order valence-corrected chi connectivity index (χ2v) is 7.25. The maximum Gasteiger partial charge on any atom is 0.416 e. The molecule has 27 heavy (non-hydrogen) atoms. The number of hydrogen-bond acceptors (Lipinski definition) is 4. The van der Waals surface area contributed by atoms with E-state index in [-0.39, 0.29) is 6.61 Å². The third-order valence-corrected chi connectivity index (χ3v) is 4.97. The smallest absolute Gasteiger partial charge is 0.416 e. The molecule has 0 amide bonds. The van der Waals surface area contributed by atoms with Gasteiger partial charge in [0.1, 0.15) is 0 Å². The first-order valence-electron chi connectivity index (χ1n) is 8.24. The molecule has 0 N–H and O–H groups in total. The van der Waals surface area contributed by atoms with Crippen LogP contribution in [-0.4, -0.2) is 22.4 Å². The van der Waals surface area contributed by atoms with Crippen molar-refractivity contribution in [3.8, 4) is 11.1 Å². The van der Waals surface area contributed by atoms with Gasteiger partial charge in [0.15, 0.2) is 0 Å². The van der Waals surface area contributed by atoms with E-state index < -0.39 is 17.7 Å². The van der Waals surface area contributed by atoms with Gasteiger partial charge in [-0.05, 0) is 43.2 Å². The molecule has 142 valence electrons. The number of nitrogens with zero attached hydrogens (tertiary/aromatic N) is 2. The summed E-state index contributed by atoms with van der Waals surface area (Å²) in [4.78, 5) is 13.5. The van der Waals surface area contributed by atoms with Crippen molar-refractivity contribution in [1.29, 1.82) is 0 Å². The zero-order chi connectivity index (χ0) is 19.6. The van der Waals surface area contributed by atoms with Crippen LogP contribution in [0.2, 0.25) is 0 Å². The Morgan fingerprint density at radius 2 is 2.07 bits per heavy atom. The van der Waals surface area contributed by atoms with E-state index in [9.17, 15) is 18.0 Å². The fourth-order valence-corrected chi connectivity index (χ4v) is 3.75. The lowest BCUT2D eigenvalue weighted by Crippen LogP contribution is -2.04. The molecule has 2 aromatic heterocycles. The molecule has 8 heteroatoms. The molecule has 3 rings (SSSR count). The number of rotatable bonds is 5. The van der Waals surface area contributed by atoms with Crippen LogP contribution >= 0.6 is 11.3 Å². The molecule has 0 aliphatic carbocycles. The molecule has 0 saturated heterocycles. The predicted molar refractivity (Wildman–Crippen MR) is 96.8 cm³/mol. The fourth-order valence-electron chi connectivity index (χ4n) is 2.70. The van der Waals surface area contributed by atoms with Gasteiger partial charge in [-0.25, -0.2) is 4.79 Å². The zero-order valence-corrected chi connectivity index (χ0v) is 15.5. The quantitative estimate of drug-likeness (QED) is 0.561. The highest BCUT2D eigenvalue weighted by atomic mass is 32.1. The molecule has 0 fully saturated rings. The Morgan fingerprint density at radius 1 is 1.30 bits per heavy atom. The molecule has 2 heterocycles. The maximum absolute atomic E-state index is 13.0. The summed E-state index contributed by atoms with van der Waals surface area (Å²) in [7, 11) is 0. The number of hydrogen-bond donors (Lipinski definition) is 0. The molecule has 3 aromatic rings.